The molecule has 0 radical (unpaired) electrons. The molecule has 104 valence electrons. The number of hydrogen-bond acceptors (Lipinski definition) is 4. The third-order valence-electron chi connectivity index (χ3n) is 2.61. The maximum absolute atomic E-state index is 5.55. The monoisotopic (exact) mass is 254 g/mol. The van der Waals surface area contributed by atoms with Gasteiger partial charge in [-0.2, -0.15) is 0 Å². The van der Waals surface area contributed by atoms with Crippen molar-refractivity contribution in [3.8, 4) is 0 Å². The minimum absolute atomic E-state index is 0.456. The van der Waals surface area contributed by atoms with Crippen LogP contribution >= 0.6 is 0 Å². The molecule has 0 atom stereocenters. The van der Waals surface area contributed by atoms with E-state index in [1.54, 1.807) is 0 Å². The summed E-state index contributed by atoms with van der Waals surface area (Å²) in [5.41, 5.74) is 0.935. The number of nitrogens with one attached hydrogen (secondary N) is 1. The first-order valence-electron chi connectivity index (χ1n) is 6.83. The van der Waals surface area contributed by atoms with Crippen molar-refractivity contribution in [3.05, 3.63) is 17.5 Å². The molecule has 4 heteroatoms. The molecule has 1 aromatic heterocycles. The summed E-state index contributed by atoms with van der Waals surface area (Å²) >= 11 is 0. The van der Waals surface area contributed by atoms with E-state index < -0.39 is 0 Å². The molecule has 0 aromatic carbocycles. The van der Waals surface area contributed by atoms with Crippen LogP contribution in [0.2, 0.25) is 0 Å². The highest BCUT2D eigenvalue weighted by atomic mass is 16.5. The molecule has 1 rings (SSSR count). The summed E-state index contributed by atoms with van der Waals surface area (Å²) in [6.07, 6.45) is 2.31. The van der Waals surface area contributed by atoms with Crippen molar-refractivity contribution in [1.29, 1.82) is 0 Å². The van der Waals surface area contributed by atoms with Gasteiger partial charge in [0.2, 0.25) is 0 Å². The second-order valence-corrected chi connectivity index (χ2v) is 5.41. The number of ether oxygens (including phenoxy) is 1. The van der Waals surface area contributed by atoms with Gasteiger partial charge in [-0.3, -0.25) is 0 Å². The highest BCUT2D eigenvalue weighted by Gasteiger charge is 2.04. The lowest BCUT2D eigenvalue weighted by atomic mass is 10.1. The first-order valence-corrected chi connectivity index (χ1v) is 6.83. The van der Waals surface area contributed by atoms with E-state index in [0.29, 0.717) is 12.6 Å². The van der Waals surface area contributed by atoms with Crippen LogP contribution in [0, 0.1) is 5.92 Å². The number of hydrogen-bond donors (Lipinski definition) is 1. The smallest absolute Gasteiger partial charge is 0.162 e. The van der Waals surface area contributed by atoms with E-state index in [9.17, 15) is 0 Å². The molecule has 0 aliphatic heterocycles. The van der Waals surface area contributed by atoms with E-state index in [0.717, 1.165) is 36.9 Å². The summed E-state index contributed by atoms with van der Waals surface area (Å²) in [5, 5.41) is 7.30. The average Bonchev–Trinajstić information content (AvgIpc) is 2.73. The molecule has 18 heavy (non-hydrogen) atoms. The normalized spacial score (nSPS) is 11.7. The second-order valence-electron chi connectivity index (χ2n) is 5.41. The summed E-state index contributed by atoms with van der Waals surface area (Å²) in [5.74, 6) is 1.55. The Morgan fingerprint density at radius 3 is 2.78 bits per heavy atom. The third kappa shape index (κ3) is 6.77. The molecular weight excluding hydrogens is 228 g/mol. The summed E-state index contributed by atoms with van der Waals surface area (Å²) in [6.45, 7) is 10.7. The van der Waals surface area contributed by atoms with Crippen LogP contribution in [0.3, 0.4) is 0 Å². The largest absolute Gasteiger partial charge is 0.373 e. The first kappa shape index (κ1) is 15.2. The van der Waals surface area contributed by atoms with Crippen LogP contribution in [-0.2, 0) is 17.9 Å². The lowest BCUT2D eigenvalue weighted by molar-refractivity contribution is 0.0960. The van der Waals surface area contributed by atoms with Crippen molar-refractivity contribution in [3.63, 3.8) is 0 Å². The number of rotatable bonds is 9. The molecule has 4 nitrogen and oxygen atoms in total. The van der Waals surface area contributed by atoms with Crippen LogP contribution in [0.4, 0.5) is 0 Å². The molecule has 0 spiro atoms. The van der Waals surface area contributed by atoms with E-state index in [-0.39, 0.29) is 0 Å². The Bertz CT molecular complexity index is 321. The highest BCUT2D eigenvalue weighted by Crippen LogP contribution is 2.07. The van der Waals surface area contributed by atoms with Crippen molar-refractivity contribution < 1.29 is 9.26 Å². The van der Waals surface area contributed by atoms with Gasteiger partial charge >= 0.3 is 0 Å². The maximum Gasteiger partial charge on any atom is 0.162 e. The van der Waals surface area contributed by atoms with Crippen molar-refractivity contribution in [2.75, 3.05) is 6.61 Å². The first-order chi connectivity index (χ1) is 8.58. The summed E-state index contributed by atoms with van der Waals surface area (Å²) in [4.78, 5) is 0. The molecule has 0 unspecified atom stereocenters. The van der Waals surface area contributed by atoms with Gasteiger partial charge in [-0.25, -0.2) is 0 Å². The fraction of sp³-hybridized carbons (Fsp3) is 0.786. The minimum Gasteiger partial charge on any atom is -0.373 e. The van der Waals surface area contributed by atoms with Gasteiger partial charge in [-0.15, -0.1) is 0 Å². The van der Waals surface area contributed by atoms with Crippen LogP contribution < -0.4 is 5.32 Å². The lowest BCUT2D eigenvalue weighted by Crippen LogP contribution is -2.21. The standard InChI is InChI=1S/C14H26N2O2/c1-11(2)6-5-7-17-10-14-8-13(16-18-14)9-15-12(3)4/h8,11-12,15H,5-7,9-10H2,1-4H3. The molecule has 1 N–H and O–H groups in total. The van der Waals surface area contributed by atoms with E-state index in [1.807, 2.05) is 6.07 Å². The van der Waals surface area contributed by atoms with E-state index >= 15 is 0 Å². The van der Waals surface area contributed by atoms with Gasteiger partial charge in [0.15, 0.2) is 5.76 Å². The fourth-order valence-electron chi connectivity index (χ4n) is 1.58. The van der Waals surface area contributed by atoms with Gasteiger partial charge in [-0.05, 0) is 18.8 Å². The van der Waals surface area contributed by atoms with Crippen LogP contribution in [0.5, 0.6) is 0 Å². The Labute approximate surface area is 110 Å². The van der Waals surface area contributed by atoms with Crippen molar-refractivity contribution in [1.82, 2.24) is 10.5 Å². The molecule has 1 aromatic rings. The molecule has 0 amide bonds. The van der Waals surface area contributed by atoms with Gasteiger partial charge in [-0.1, -0.05) is 32.9 Å². The summed E-state index contributed by atoms with van der Waals surface area (Å²) in [7, 11) is 0. The number of aromatic nitrogens is 1. The zero-order valence-electron chi connectivity index (χ0n) is 12.0. The highest BCUT2D eigenvalue weighted by molar-refractivity contribution is 5.04. The van der Waals surface area contributed by atoms with Gasteiger partial charge in [0.05, 0.1) is 5.69 Å². The Balaban J connectivity index is 2.15. The van der Waals surface area contributed by atoms with Crippen LogP contribution in [-0.4, -0.2) is 17.8 Å². The topological polar surface area (TPSA) is 47.3 Å². The third-order valence-corrected chi connectivity index (χ3v) is 2.61. The predicted octanol–water partition coefficient (Wildman–Crippen LogP) is 3.13. The van der Waals surface area contributed by atoms with Crippen molar-refractivity contribution in [2.45, 2.75) is 59.7 Å². The van der Waals surface area contributed by atoms with Crippen LogP contribution in [0.1, 0.15) is 52.0 Å². The van der Waals surface area contributed by atoms with E-state index in [1.165, 1.54) is 6.42 Å². The van der Waals surface area contributed by atoms with Crippen molar-refractivity contribution in [2.24, 2.45) is 5.92 Å². The van der Waals surface area contributed by atoms with Gasteiger partial charge in [0.1, 0.15) is 6.61 Å². The molecule has 0 fully saturated rings. The SMILES string of the molecule is CC(C)CCCOCc1cc(CNC(C)C)no1. The molecule has 0 saturated heterocycles. The maximum atomic E-state index is 5.55. The quantitative estimate of drug-likeness (QED) is 0.688. The zero-order chi connectivity index (χ0) is 13.4. The van der Waals surface area contributed by atoms with Crippen molar-refractivity contribution >= 4 is 0 Å². The molecule has 0 aliphatic rings. The van der Waals surface area contributed by atoms with Crippen LogP contribution in [0.25, 0.3) is 0 Å². The number of nitrogens with zero attached hydrogens (tertiary/aromatic N) is 1. The van der Waals surface area contributed by atoms with E-state index in [2.05, 4.69) is 38.2 Å². The van der Waals surface area contributed by atoms with Gasteiger partial charge in [0, 0.05) is 25.3 Å². The zero-order valence-corrected chi connectivity index (χ0v) is 12.0. The molecule has 0 aliphatic carbocycles. The van der Waals surface area contributed by atoms with Gasteiger partial charge < -0.3 is 14.6 Å². The van der Waals surface area contributed by atoms with Gasteiger partial charge in [0.25, 0.3) is 0 Å². The molecule has 0 saturated carbocycles. The second kappa shape index (κ2) is 8.27. The molecular formula is C14H26N2O2. The predicted molar refractivity (Wildman–Crippen MR) is 72.2 cm³/mol. The molecule has 1 heterocycles. The summed E-state index contributed by atoms with van der Waals surface area (Å²) in [6, 6.07) is 2.41. The Morgan fingerprint density at radius 2 is 2.11 bits per heavy atom. The fourth-order valence-corrected chi connectivity index (χ4v) is 1.58. The molecule has 0 bridgehead atoms. The van der Waals surface area contributed by atoms with E-state index in [4.69, 9.17) is 9.26 Å². The minimum atomic E-state index is 0.456. The Kier molecular flexibility index (Phi) is 6.98. The van der Waals surface area contributed by atoms with Crippen LogP contribution in [0.15, 0.2) is 10.6 Å². The Hall–Kier alpha value is -0.870. The average molecular weight is 254 g/mol. The summed E-state index contributed by atoms with van der Waals surface area (Å²) < 4.78 is 10.8. The lowest BCUT2D eigenvalue weighted by Gasteiger charge is -2.04. The Morgan fingerprint density at radius 1 is 1.33 bits per heavy atom.